The Kier molecular flexibility index (Phi) is 5.25. The van der Waals surface area contributed by atoms with Gasteiger partial charge in [0.05, 0.1) is 23.7 Å². The lowest BCUT2D eigenvalue weighted by molar-refractivity contribution is 0.00578. The van der Waals surface area contributed by atoms with E-state index in [4.69, 9.17) is 14.6 Å². The van der Waals surface area contributed by atoms with Crippen LogP contribution in [0.1, 0.15) is 38.8 Å². The first kappa shape index (κ1) is 18.1. The van der Waals surface area contributed by atoms with E-state index in [1.165, 1.54) is 12.1 Å². The summed E-state index contributed by atoms with van der Waals surface area (Å²) in [5.41, 5.74) is 1.33. The molecule has 0 unspecified atom stereocenters. The van der Waals surface area contributed by atoms with Crippen LogP contribution in [0, 0.1) is 17.1 Å². The molecule has 23 heavy (non-hydrogen) atoms. The highest BCUT2D eigenvalue weighted by Gasteiger charge is 2.52. The minimum Gasteiger partial charge on any atom is -0.400 e. The van der Waals surface area contributed by atoms with E-state index in [-0.39, 0.29) is 12.2 Å². The Bertz CT molecular complexity index is 651. The summed E-state index contributed by atoms with van der Waals surface area (Å²) in [6, 6.07) is 6.51. The maximum absolute atomic E-state index is 13.6. The number of rotatable bonds is 4. The molecule has 1 heterocycles. The van der Waals surface area contributed by atoms with Crippen LogP contribution < -0.4 is 0 Å². The van der Waals surface area contributed by atoms with Gasteiger partial charge in [0.25, 0.3) is 0 Å². The van der Waals surface area contributed by atoms with Crippen molar-refractivity contribution in [1.82, 2.24) is 0 Å². The van der Waals surface area contributed by atoms with Crippen LogP contribution in [0.4, 0.5) is 4.39 Å². The Morgan fingerprint density at radius 2 is 1.91 bits per heavy atom. The van der Waals surface area contributed by atoms with E-state index in [2.05, 4.69) is 18.7 Å². The Hall–Kier alpha value is -1.29. The van der Waals surface area contributed by atoms with Gasteiger partial charge in [0.1, 0.15) is 5.82 Å². The molecule has 1 fully saturated rings. The van der Waals surface area contributed by atoms with Crippen molar-refractivity contribution in [1.29, 1.82) is 5.26 Å². The first-order valence-corrected chi connectivity index (χ1v) is 8.16. The van der Waals surface area contributed by atoms with Gasteiger partial charge in [-0.2, -0.15) is 17.9 Å². The largest absolute Gasteiger partial charge is 0.491 e. The summed E-state index contributed by atoms with van der Waals surface area (Å²) in [4.78, 5) is 0. The smallest absolute Gasteiger partial charge is 0.400 e. The zero-order valence-corrected chi connectivity index (χ0v) is 14.8. The lowest BCUT2D eigenvalue weighted by Gasteiger charge is -2.32. The molecule has 0 N–H and O–H groups in total. The van der Waals surface area contributed by atoms with Crippen LogP contribution in [0.25, 0.3) is 6.08 Å². The standard InChI is InChI=1S/C17H21BFNO2S/c1-16(2)17(3,4)22-18(21-16)14(11-23)9-13-10-15(19)6-5-12(13)7-8-20/h5-6,9-10,23H,7,11H2,1-4H3. The Morgan fingerprint density at radius 3 is 2.43 bits per heavy atom. The third-order valence-electron chi connectivity index (χ3n) is 4.46. The zero-order chi connectivity index (χ0) is 17.3. The number of thiol groups is 1. The second-order valence-corrected chi connectivity index (χ2v) is 6.96. The molecule has 1 saturated heterocycles. The summed E-state index contributed by atoms with van der Waals surface area (Å²) >= 11 is 4.36. The highest BCUT2D eigenvalue weighted by molar-refractivity contribution is 7.80. The van der Waals surface area contributed by atoms with Gasteiger partial charge in [-0.15, -0.1) is 0 Å². The van der Waals surface area contributed by atoms with E-state index in [9.17, 15) is 4.39 Å². The van der Waals surface area contributed by atoms with Crippen LogP contribution in [0.15, 0.2) is 23.7 Å². The van der Waals surface area contributed by atoms with Gasteiger partial charge in [0, 0.05) is 5.75 Å². The minimum absolute atomic E-state index is 0.218. The Balaban J connectivity index is 2.38. The fraction of sp³-hybridized carbons (Fsp3) is 0.471. The van der Waals surface area contributed by atoms with Crippen LogP contribution in [0.2, 0.25) is 0 Å². The predicted octanol–water partition coefficient (Wildman–Crippen LogP) is 3.84. The molecule has 0 aliphatic carbocycles. The van der Waals surface area contributed by atoms with Crippen LogP contribution in [0.5, 0.6) is 0 Å². The molecule has 0 saturated carbocycles. The minimum atomic E-state index is -0.532. The molecular weight excluding hydrogens is 312 g/mol. The van der Waals surface area contributed by atoms with Crippen molar-refractivity contribution in [3.63, 3.8) is 0 Å². The molecule has 1 aliphatic heterocycles. The van der Waals surface area contributed by atoms with Crippen LogP contribution in [0.3, 0.4) is 0 Å². The molecule has 0 aromatic heterocycles. The monoisotopic (exact) mass is 333 g/mol. The normalized spacial score (nSPS) is 19.7. The van der Waals surface area contributed by atoms with E-state index >= 15 is 0 Å². The molecule has 3 nitrogen and oxygen atoms in total. The van der Waals surface area contributed by atoms with Gasteiger partial charge < -0.3 is 9.31 Å². The molecule has 1 aromatic carbocycles. The van der Waals surface area contributed by atoms with Crippen LogP contribution in [-0.4, -0.2) is 24.1 Å². The number of nitrogens with zero attached hydrogens (tertiary/aromatic N) is 1. The lowest BCUT2D eigenvalue weighted by Crippen LogP contribution is -2.41. The van der Waals surface area contributed by atoms with E-state index < -0.39 is 18.3 Å². The van der Waals surface area contributed by atoms with E-state index in [0.29, 0.717) is 11.3 Å². The van der Waals surface area contributed by atoms with Crippen molar-refractivity contribution in [3.8, 4) is 6.07 Å². The summed E-state index contributed by atoms with van der Waals surface area (Å²) in [5, 5.41) is 8.92. The number of hydrogen-bond acceptors (Lipinski definition) is 4. The number of benzene rings is 1. The van der Waals surface area contributed by atoms with E-state index in [1.54, 1.807) is 6.07 Å². The fourth-order valence-electron chi connectivity index (χ4n) is 2.33. The average Bonchev–Trinajstić information content (AvgIpc) is 2.67. The molecule has 122 valence electrons. The molecule has 0 bridgehead atoms. The molecule has 2 rings (SSSR count). The second kappa shape index (κ2) is 6.68. The average molecular weight is 333 g/mol. The highest BCUT2D eigenvalue weighted by Crippen LogP contribution is 2.39. The molecule has 0 atom stereocenters. The highest BCUT2D eigenvalue weighted by atomic mass is 32.1. The lowest BCUT2D eigenvalue weighted by atomic mass is 9.78. The summed E-state index contributed by atoms with van der Waals surface area (Å²) in [7, 11) is -0.532. The predicted molar refractivity (Wildman–Crippen MR) is 93.6 cm³/mol. The van der Waals surface area contributed by atoms with E-state index in [1.807, 2.05) is 33.8 Å². The maximum Gasteiger partial charge on any atom is 0.491 e. The van der Waals surface area contributed by atoms with Gasteiger partial charge in [0.2, 0.25) is 0 Å². The second-order valence-electron chi connectivity index (χ2n) is 6.64. The first-order chi connectivity index (χ1) is 10.7. The summed E-state index contributed by atoms with van der Waals surface area (Å²) < 4.78 is 25.6. The van der Waals surface area contributed by atoms with Crippen molar-refractivity contribution < 1.29 is 13.7 Å². The van der Waals surface area contributed by atoms with Crippen molar-refractivity contribution in [2.75, 3.05) is 5.75 Å². The van der Waals surface area contributed by atoms with Gasteiger partial charge in [-0.3, -0.25) is 0 Å². The molecular formula is C17H21BFNO2S. The quantitative estimate of drug-likeness (QED) is 0.672. The summed E-state index contributed by atoms with van der Waals surface area (Å²) in [6.45, 7) is 7.91. The zero-order valence-electron chi connectivity index (χ0n) is 13.9. The maximum atomic E-state index is 13.6. The molecule has 1 aliphatic rings. The van der Waals surface area contributed by atoms with Crippen molar-refractivity contribution in [2.45, 2.75) is 45.3 Å². The van der Waals surface area contributed by atoms with Crippen molar-refractivity contribution in [2.24, 2.45) is 0 Å². The molecule has 0 amide bonds. The van der Waals surface area contributed by atoms with Gasteiger partial charge >= 0.3 is 7.12 Å². The topological polar surface area (TPSA) is 42.2 Å². The third kappa shape index (κ3) is 3.80. The molecule has 0 radical (unpaired) electrons. The molecule has 0 spiro atoms. The molecule has 6 heteroatoms. The Labute approximate surface area is 143 Å². The van der Waals surface area contributed by atoms with Gasteiger partial charge in [-0.25, -0.2) is 4.39 Å². The first-order valence-electron chi connectivity index (χ1n) is 7.52. The number of nitriles is 1. The summed E-state index contributed by atoms with van der Waals surface area (Å²) in [5.74, 6) is 0.0738. The van der Waals surface area contributed by atoms with Gasteiger partial charge in [0.15, 0.2) is 0 Å². The third-order valence-corrected chi connectivity index (χ3v) is 4.82. The Morgan fingerprint density at radius 1 is 1.30 bits per heavy atom. The SMILES string of the molecule is CC1(C)OB(C(=Cc2cc(F)ccc2CC#N)CS)OC1(C)C. The molecule has 1 aromatic rings. The summed E-state index contributed by atoms with van der Waals surface area (Å²) in [6.07, 6.45) is 2.03. The van der Waals surface area contributed by atoms with E-state index in [0.717, 1.165) is 11.0 Å². The fourth-order valence-corrected chi connectivity index (χ4v) is 2.57. The van der Waals surface area contributed by atoms with Crippen molar-refractivity contribution in [3.05, 3.63) is 40.6 Å². The van der Waals surface area contributed by atoms with Gasteiger partial charge in [-0.1, -0.05) is 12.1 Å². The van der Waals surface area contributed by atoms with Crippen LogP contribution >= 0.6 is 12.6 Å². The number of hydrogen-bond donors (Lipinski definition) is 1. The number of halogens is 1. The van der Waals surface area contributed by atoms with Gasteiger partial charge in [-0.05, 0) is 56.4 Å². The van der Waals surface area contributed by atoms with Crippen molar-refractivity contribution >= 4 is 25.8 Å². The van der Waals surface area contributed by atoms with Crippen LogP contribution in [-0.2, 0) is 15.7 Å².